The molecular weight excluding hydrogens is 490 g/mol. The average Bonchev–Trinajstić information content (AvgIpc) is 3.25. The van der Waals surface area contributed by atoms with Crippen LogP contribution in [0.2, 0.25) is 0 Å². The fraction of sp³-hybridized carbons (Fsp3) is 0.625. The second-order valence-electron chi connectivity index (χ2n) is 10.3. The number of hydrogen-bond acceptors (Lipinski definition) is 7. The van der Waals surface area contributed by atoms with Crippen molar-refractivity contribution >= 4 is 28.2 Å². The van der Waals surface area contributed by atoms with Crippen LogP contribution in [-0.4, -0.2) is 71.5 Å². The van der Waals surface area contributed by atoms with Crippen molar-refractivity contribution in [2.45, 2.75) is 88.5 Å². The van der Waals surface area contributed by atoms with Gasteiger partial charge in [-0.3, -0.25) is 14.2 Å². The Morgan fingerprint density at radius 1 is 1.03 bits per heavy atom. The van der Waals surface area contributed by atoms with Crippen molar-refractivity contribution in [1.29, 1.82) is 0 Å². The van der Waals surface area contributed by atoms with Crippen molar-refractivity contribution in [2.24, 2.45) is 0 Å². The zero-order chi connectivity index (χ0) is 26.5. The number of ether oxygens (including phenoxy) is 2. The van der Waals surface area contributed by atoms with E-state index in [2.05, 4.69) is 10.6 Å². The molecule has 2 atom stereocenters. The first-order valence-corrected chi connectivity index (χ1v) is 13.6. The standard InChI is InChI=1S/C24H35N3O8S/c1-24(2,3)35-22(29)26-18-11-9-17(10-12-18)25-21(28)20-13-19(36(31,32)33)14-27(20)23(30)34-15-16-7-5-4-6-8-16/h4-8,17-20H,9-15H2,1-3H3,(H,25,28)(H,26,29)(H,31,32,33)/t17-,18-,19-,20+/m1/s1. The molecule has 3 amide bonds. The van der Waals surface area contributed by atoms with Gasteiger partial charge in [-0.25, -0.2) is 9.59 Å². The Kier molecular flexibility index (Phi) is 8.83. The molecule has 2 aliphatic rings. The first-order chi connectivity index (χ1) is 16.8. The Morgan fingerprint density at radius 3 is 2.17 bits per heavy atom. The first kappa shape index (κ1) is 27.7. The van der Waals surface area contributed by atoms with Crippen molar-refractivity contribution in [3.8, 4) is 0 Å². The van der Waals surface area contributed by atoms with E-state index in [-0.39, 0.29) is 31.7 Å². The number of benzene rings is 1. The van der Waals surface area contributed by atoms with Crippen LogP contribution in [0, 0.1) is 0 Å². The Bertz CT molecular complexity index is 1030. The summed E-state index contributed by atoms with van der Waals surface area (Å²) >= 11 is 0. The number of carbonyl (C=O) groups excluding carboxylic acids is 3. The molecule has 200 valence electrons. The van der Waals surface area contributed by atoms with Gasteiger partial charge in [-0.1, -0.05) is 30.3 Å². The topological polar surface area (TPSA) is 151 Å². The normalized spacial score (nSPS) is 24.6. The summed E-state index contributed by atoms with van der Waals surface area (Å²) in [7, 11) is -4.45. The number of likely N-dealkylation sites (tertiary alicyclic amines) is 1. The minimum Gasteiger partial charge on any atom is -0.445 e. The number of amides is 3. The number of alkyl carbamates (subject to hydrolysis) is 1. The quantitative estimate of drug-likeness (QED) is 0.480. The summed E-state index contributed by atoms with van der Waals surface area (Å²) in [5.41, 5.74) is 0.152. The maximum atomic E-state index is 13.1. The smallest absolute Gasteiger partial charge is 0.410 e. The molecule has 1 aromatic rings. The van der Waals surface area contributed by atoms with Crippen molar-refractivity contribution in [3.63, 3.8) is 0 Å². The van der Waals surface area contributed by atoms with E-state index in [0.29, 0.717) is 25.7 Å². The van der Waals surface area contributed by atoms with Gasteiger partial charge in [-0.05, 0) is 58.4 Å². The third kappa shape index (κ3) is 8.09. The fourth-order valence-corrected chi connectivity index (χ4v) is 5.19. The number of rotatable bonds is 6. The lowest BCUT2D eigenvalue weighted by atomic mass is 9.91. The van der Waals surface area contributed by atoms with Crippen LogP contribution in [0.25, 0.3) is 0 Å². The van der Waals surface area contributed by atoms with E-state index in [0.717, 1.165) is 10.5 Å². The summed E-state index contributed by atoms with van der Waals surface area (Å²) in [6.45, 7) is 4.99. The van der Waals surface area contributed by atoms with Crippen molar-refractivity contribution in [1.82, 2.24) is 15.5 Å². The summed E-state index contributed by atoms with van der Waals surface area (Å²) in [5, 5.41) is 4.46. The lowest BCUT2D eigenvalue weighted by Gasteiger charge is -2.32. The third-order valence-corrected chi connectivity index (χ3v) is 7.40. The molecule has 36 heavy (non-hydrogen) atoms. The zero-order valence-electron chi connectivity index (χ0n) is 20.8. The van der Waals surface area contributed by atoms with E-state index in [1.54, 1.807) is 45.0 Å². The molecule has 0 aromatic heterocycles. The molecule has 12 heteroatoms. The largest absolute Gasteiger partial charge is 0.445 e. The van der Waals surface area contributed by atoms with Gasteiger partial charge in [0.05, 0.1) is 0 Å². The molecule has 3 N–H and O–H groups in total. The molecule has 2 fully saturated rings. The molecular formula is C24H35N3O8S. The molecule has 0 spiro atoms. The average molecular weight is 526 g/mol. The highest BCUT2D eigenvalue weighted by Crippen LogP contribution is 2.26. The minimum atomic E-state index is -4.45. The van der Waals surface area contributed by atoms with Gasteiger partial charge in [-0.2, -0.15) is 8.42 Å². The fourth-order valence-electron chi connectivity index (χ4n) is 4.42. The highest BCUT2D eigenvalue weighted by atomic mass is 32.2. The van der Waals surface area contributed by atoms with Crippen LogP contribution >= 0.6 is 0 Å². The number of nitrogens with one attached hydrogen (secondary N) is 2. The lowest BCUT2D eigenvalue weighted by Crippen LogP contribution is -2.51. The molecule has 1 aromatic carbocycles. The number of carbonyl (C=O) groups is 3. The van der Waals surface area contributed by atoms with Gasteiger partial charge < -0.3 is 20.1 Å². The van der Waals surface area contributed by atoms with Crippen LogP contribution in [0.15, 0.2) is 30.3 Å². The lowest BCUT2D eigenvalue weighted by molar-refractivity contribution is -0.126. The van der Waals surface area contributed by atoms with E-state index >= 15 is 0 Å². The highest BCUT2D eigenvalue weighted by molar-refractivity contribution is 7.86. The Balaban J connectivity index is 1.55. The van der Waals surface area contributed by atoms with Crippen LogP contribution in [0.1, 0.15) is 58.4 Å². The second-order valence-corrected chi connectivity index (χ2v) is 12.0. The Hall–Kier alpha value is -2.86. The summed E-state index contributed by atoms with van der Waals surface area (Å²) in [6, 6.07) is 7.60. The van der Waals surface area contributed by atoms with Gasteiger partial charge in [-0.15, -0.1) is 0 Å². The molecule has 11 nitrogen and oxygen atoms in total. The summed E-state index contributed by atoms with van der Waals surface area (Å²) in [6.07, 6.45) is 0.924. The van der Waals surface area contributed by atoms with E-state index in [9.17, 15) is 27.4 Å². The predicted octanol–water partition coefficient (Wildman–Crippen LogP) is 2.61. The van der Waals surface area contributed by atoms with Crippen molar-refractivity contribution in [2.75, 3.05) is 6.54 Å². The van der Waals surface area contributed by atoms with E-state index in [4.69, 9.17) is 9.47 Å². The third-order valence-electron chi connectivity index (χ3n) is 6.22. The Labute approximate surface area is 211 Å². The molecule has 1 saturated carbocycles. The van der Waals surface area contributed by atoms with Crippen molar-refractivity contribution in [3.05, 3.63) is 35.9 Å². The van der Waals surface area contributed by atoms with Gasteiger partial charge in [0.1, 0.15) is 23.5 Å². The highest BCUT2D eigenvalue weighted by Gasteiger charge is 2.45. The van der Waals surface area contributed by atoms with Crippen LogP contribution in [-0.2, 0) is 31.0 Å². The number of hydrogen-bond donors (Lipinski definition) is 3. The maximum Gasteiger partial charge on any atom is 0.410 e. The molecule has 0 unspecified atom stereocenters. The molecule has 1 aliphatic carbocycles. The van der Waals surface area contributed by atoms with Crippen LogP contribution in [0.5, 0.6) is 0 Å². The van der Waals surface area contributed by atoms with Gasteiger partial charge in [0, 0.05) is 18.6 Å². The monoisotopic (exact) mass is 525 g/mol. The van der Waals surface area contributed by atoms with E-state index in [1.807, 2.05) is 6.07 Å². The molecule has 3 rings (SSSR count). The first-order valence-electron chi connectivity index (χ1n) is 12.1. The van der Waals surface area contributed by atoms with E-state index < -0.39 is 45.1 Å². The molecule has 0 radical (unpaired) electrons. The SMILES string of the molecule is CC(C)(C)OC(=O)N[C@H]1CC[C@H](NC(=O)[C@@H]2C[C@@H](S(=O)(=O)O)CN2C(=O)OCc2ccccc2)CC1. The Morgan fingerprint density at radius 2 is 1.61 bits per heavy atom. The van der Waals surface area contributed by atoms with Crippen LogP contribution < -0.4 is 10.6 Å². The summed E-state index contributed by atoms with van der Waals surface area (Å²) in [4.78, 5) is 38.9. The zero-order valence-corrected chi connectivity index (χ0v) is 21.6. The maximum absolute atomic E-state index is 13.1. The van der Waals surface area contributed by atoms with Gasteiger partial charge in [0.25, 0.3) is 10.1 Å². The number of nitrogens with zero attached hydrogens (tertiary/aromatic N) is 1. The van der Waals surface area contributed by atoms with Crippen molar-refractivity contribution < 1.29 is 36.8 Å². The van der Waals surface area contributed by atoms with Crippen LogP contribution in [0.4, 0.5) is 9.59 Å². The summed E-state index contributed by atoms with van der Waals surface area (Å²) < 4.78 is 43.6. The molecule has 0 bridgehead atoms. The van der Waals surface area contributed by atoms with E-state index in [1.165, 1.54) is 0 Å². The minimum absolute atomic E-state index is 0.0320. The van der Waals surface area contributed by atoms with Gasteiger partial charge in [0.2, 0.25) is 5.91 Å². The van der Waals surface area contributed by atoms with Gasteiger partial charge >= 0.3 is 12.2 Å². The predicted molar refractivity (Wildman–Crippen MR) is 131 cm³/mol. The molecule has 1 saturated heterocycles. The molecule has 1 heterocycles. The second kappa shape index (κ2) is 11.5. The van der Waals surface area contributed by atoms with Gasteiger partial charge in [0.15, 0.2) is 0 Å². The molecule has 1 aliphatic heterocycles. The summed E-state index contributed by atoms with van der Waals surface area (Å²) in [5.74, 6) is -0.499. The van der Waals surface area contributed by atoms with Crippen LogP contribution in [0.3, 0.4) is 0 Å².